The summed E-state index contributed by atoms with van der Waals surface area (Å²) < 4.78 is 5.26. The first kappa shape index (κ1) is 9.28. The minimum absolute atomic E-state index is 0.457. The Morgan fingerprint density at radius 2 is 2.29 bits per heavy atom. The van der Waals surface area contributed by atoms with Gasteiger partial charge in [-0.25, -0.2) is 0 Å². The molecule has 0 saturated heterocycles. The average molecular weight is 190 g/mol. The molecule has 1 aromatic carbocycles. The average Bonchev–Trinajstić information content (AvgIpc) is 2.16. The minimum atomic E-state index is -0.952. The summed E-state index contributed by atoms with van der Waals surface area (Å²) in [4.78, 5) is 0. The molecule has 1 atom stereocenters. The molecule has 0 saturated carbocycles. The second-order valence-corrected chi connectivity index (χ2v) is 3.55. The third kappa shape index (κ3) is 1.15. The van der Waals surface area contributed by atoms with Gasteiger partial charge in [-0.2, -0.15) is 0 Å². The molecule has 1 aliphatic carbocycles. The van der Waals surface area contributed by atoms with Gasteiger partial charge in [-0.05, 0) is 18.1 Å². The molecular formula is C12H14O2. The van der Waals surface area contributed by atoms with E-state index < -0.39 is 5.60 Å². The van der Waals surface area contributed by atoms with Gasteiger partial charge in [0.2, 0.25) is 0 Å². The topological polar surface area (TPSA) is 29.5 Å². The highest BCUT2D eigenvalue weighted by Gasteiger charge is 2.44. The van der Waals surface area contributed by atoms with E-state index >= 15 is 0 Å². The van der Waals surface area contributed by atoms with Crippen LogP contribution in [0.15, 0.2) is 36.6 Å². The quantitative estimate of drug-likeness (QED) is 0.738. The fourth-order valence-corrected chi connectivity index (χ4v) is 1.88. The van der Waals surface area contributed by atoms with Crippen molar-refractivity contribution in [2.75, 3.05) is 6.61 Å². The Balaban J connectivity index is 2.27. The fourth-order valence-electron chi connectivity index (χ4n) is 1.88. The third-order valence-electron chi connectivity index (χ3n) is 2.69. The van der Waals surface area contributed by atoms with Crippen LogP contribution in [-0.2, 0) is 16.8 Å². The summed E-state index contributed by atoms with van der Waals surface area (Å²) >= 11 is 0. The number of benzene rings is 1. The Bertz CT molecular complexity index is 370. The van der Waals surface area contributed by atoms with Crippen LogP contribution in [0.25, 0.3) is 0 Å². The molecule has 1 aromatic rings. The van der Waals surface area contributed by atoms with Crippen molar-refractivity contribution in [1.82, 2.24) is 0 Å². The summed E-state index contributed by atoms with van der Waals surface area (Å²) in [5.74, 6) is 0.457. The van der Waals surface area contributed by atoms with E-state index in [0.29, 0.717) is 18.8 Å². The van der Waals surface area contributed by atoms with Crippen molar-refractivity contribution in [1.29, 1.82) is 0 Å². The molecule has 0 bridgehead atoms. The van der Waals surface area contributed by atoms with Crippen LogP contribution in [0.1, 0.15) is 18.1 Å². The molecule has 1 N–H and O–H groups in total. The van der Waals surface area contributed by atoms with Crippen LogP contribution in [0.3, 0.4) is 0 Å². The zero-order chi connectivity index (χ0) is 10.2. The molecule has 0 fully saturated rings. The lowest BCUT2D eigenvalue weighted by Crippen LogP contribution is -2.40. The standard InChI is InChI=1S/C12H14O2/c1-3-14-9(2)12(13)8-10-6-4-5-7-11(10)12/h4-7,13H,2-3,8H2,1H3/t12-/m0/s1. The van der Waals surface area contributed by atoms with Gasteiger partial charge in [0.25, 0.3) is 0 Å². The van der Waals surface area contributed by atoms with Crippen molar-refractivity contribution in [2.45, 2.75) is 18.9 Å². The van der Waals surface area contributed by atoms with E-state index in [1.54, 1.807) is 0 Å². The fraction of sp³-hybridized carbons (Fsp3) is 0.333. The lowest BCUT2D eigenvalue weighted by Gasteiger charge is -2.40. The number of hydrogen-bond acceptors (Lipinski definition) is 2. The van der Waals surface area contributed by atoms with Crippen LogP contribution in [0.5, 0.6) is 0 Å². The molecular weight excluding hydrogens is 176 g/mol. The SMILES string of the molecule is C=C(OCC)[C@@]1(O)Cc2ccccc21. The van der Waals surface area contributed by atoms with Gasteiger partial charge < -0.3 is 9.84 Å². The number of fused-ring (bicyclic) bond motifs is 1. The summed E-state index contributed by atoms with van der Waals surface area (Å²) in [6.07, 6.45) is 0.613. The molecule has 74 valence electrons. The van der Waals surface area contributed by atoms with Gasteiger partial charge in [-0.3, -0.25) is 0 Å². The van der Waals surface area contributed by atoms with E-state index in [4.69, 9.17) is 4.74 Å². The Morgan fingerprint density at radius 3 is 2.93 bits per heavy atom. The maximum absolute atomic E-state index is 10.2. The van der Waals surface area contributed by atoms with E-state index in [1.807, 2.05) is 31.2 Å². The Labute approximate surface area is 83.8 Å². The summed E-state index contributed by atoms with van der Waals surface area (Å²) in [7, 11) is 0. The molecule has 2 rings (SSSR count). The van der Waals surface area contributed by atoms with Crippen molar-refractivity contribution < 1.29 is 9.84 Å². The molecule has 14 heavy (non-hydrogen) atoms. The van der Waals surface area contributed by atoms with E-state index in [-0.39, 0.29) is 0 Å². The van der Waals surface area contributed by atoms with Crippen LogP contribution in [0, 0.1) is 0 Å². The van der Waals surface area contributed by atoms with Crippen molar-refractivity contribution in [2.24, 2.45) is 0 Å². The van der Waals surface area contributed by atoms with Crippen LogP contribution < -0.4 is 0 Å². The largest absolute Gasteiger partial charge is 0.495 e. The normalized spacial score (nSPS) is 23.6. The van der Waals surface area contributed by atoms with Crippen LogP contribution in [0.4, 0.5) is 0 Å². The van der Waals surface area contributed by atoms with Gasteiger partial charge in [0.05, 0.1) is 6.61 Å². The molecule has 2 nitrogen and oxygen atoms in total. The monoisotopic (exact) mass is 190 g/mol. The van der Waals surface area contributed by atoms with Crippen LogP contribution >= 0.6 is 0 Å². The molecule has 0 heterocycles. The predicted octanol–water partition coefficient (Wildman–Crippen LogP) is 1.98. The van der Waals surface area contributed by atoms with Gasteiger partial charge in [0, 0.05) is 6.42 Å². The Morgan fingerprint density at radius 1 is 1.57 bits per heavy atom. The lowest BCUT2D eigenvalue weighted by atomic mass is 9.72. The molecule has 0 aromatic heterocycles. The highest BCUT2D eigenvalue weighted by molar-refractivity contribution is 5.47. The summed E-state index contributed by atoms with van der Waals surface area (Å²) in [6, 6.07) is 7.83. The third-order valence-corrected chi connectivity index (χ3v) is 2.69. The Hall–Kier alpha value is -1.28. The maximum Gasteiger partial charge on any atom is 0.150 e. The second-order valence-electron chi connectivity index (χ2n) is 3.55. The Kier molecular flexibility index (Phi) is 2.08. The molecule has 2 heteroatoms. The highest BCUT2D eigenvalue weighted by atomic mass is 16.5. The first-order valence-electron chi connectivity index (χ1n) is 4.81. The van der Waals surface area contributed by atoms with Crippen molar-refractivity contribution in [3.05, 3.63) is 47.7 Å². The van der Waals surface area contributed by atoms with Crippen LogP contribution in [-0.4, -0.2) is 11.7 Å². The lowest BCUT2D eigenvalue weighted by molar-refractivity contribution is -0.00895. The van der Waals surface area contributed by atoms with Gasteiger partial charge in [-0.15, -0.1) is 0 Å². The summed E-state index contributed by atoms with van der Waals surface area (Å²) in [5, 5.41) is 10.2. The molecule has 1 aliphatic rings. The van der Waals surface area contributed by atoms with Gasteiger partial charge in [0.15, 0.2) is 0 Å². The first-order valence-corrected chi connectivity index (χ1v) is 4.81. The van der Waals surface area contributed by atoms with Crippen molar-refractivity contribution in [3.8, 4) is 0 Å². The highest BCUT2D eigenvalue weighted by Crippen LogP contribution is 2.43. The van der Waals surface area contributed by atoms with Crippen molar-refractivity contribution in [3.63, 3.8) is 0 Å². The molecule has 0 spiro atoms. The van der Waals surface area contributed by atoms with E-state index in [9.17, 15) is 5.11 Å². The zero-order valence-corrected chi connectivity index (χ0v) is 8.29. The van der Waals surface area contributed by atoms with E-state index in [1.165, 1.54) is 5.56 Å². The maximum atomic E-state index is 10.2. The second kappa shape index (κ2) is 3.14. The molecule has 0 amide bonds. The van der Waals surface area contributed by atoms with Crippen molar-refractivity contribution >= 4 is 0 Å². The summed E-state index contributed by atoms with van der Waals surface area (Å²) in [5.41, 5.74) is 1.15. The smallest absolute Gasteiger partial charge is 0.150 e. The molecule has 0 aliphatic heterocycles. The van der Waals surface area contributed by atoms with Gasteiger partial charge in [0.1, 0.15) is 11.4 Å². The van der Waals surface area contributed by atoms with E-state index in [0.717, 1.165) is 5.56 Å². The number of ether oxygens (including phenoxy) is 1. The predicted molar refractivity (Wildman–Crippen MR) is 54.8 cm³/mol. The van der Waals surface area contributed by atoms with Gasteiger partial charge in [-0.1, -0.05) is 30.8 Å². The molecule has 0 radical (unpaired) electrons. The number of aliphatic hydroxyl groups is 1. The first-order chi connectivity index (χ1) is 6.68. The number of hydrogen-bond donors (Lipinski definition) is 1. The number of rotatable bonds is 3. The van der Waals surface area contributed by atoms with Gasteiger partial charge >= 0.3 is 0 Å². The van der Waals surface area contributed by atoms with E-state index in [2.05, 4.69) is 6.58 Å². The van der Waals surface area contributed by atoms with Crippen LogP contribution in [0.2, 0.25) is 0 Å². The minimum Gasteiger partial charge on any atom is -0.495 e. The summed E-state index contributed by atoms with van der Waals surface area (Å²) in [6.45, 7) is 6.20. The molecule has 0 unspecified atom stereocenters. The zero-order valence-electron chi connectivity index (χ0n) is 8.29.